The summed E-state index contributed by atoms with van der Waals surface area (Å²) in [6, 6.07) is 4.37. The van der Waals surface area contributed by atoms with Crippen LogP contribution in [0, 0.1) is 5.41 Å². The average molecular weight is 234 g/mol. The quantitative estimate of drug-likeness (QED) is 0.766. The van der Waals surface area contributed by atoms with Crippen LogP contribution in [0.15, 0.2) is 12.1 Å². The summed E-state index contributed by atoms with van der Waals surface area (Å²) in [7, 11) is 0. The Bertz CT molecular complexity index is 414. The maximum Gasteiger partial charge on any atom is 0.231 e. The fourth-order valence-corrected chi connectivity index (χ4v) is 2.24. The van der Waals surface area contributed by atoms with E-state index in [1.54, 1.807) is 0 Å². The highest BCUT2D eigenvalue weighted by atomic mass is 16.7. The predicted octanol–water partition coefficient (Wildman–Crippen LogP) is 4.13. The summed E-state index contributed by atoms with van der Waals surface area (Å²) >= 11 is 0. The van der Waals surface area contributed by atoms with Gasteiger partial charge >= 0.3 is 0 Å². The SMILES string of the molecule is CC(C)c1ccc(CC(C)(C)C)c2c1OCO2. The molecular weight excluding hydrogens is 212 g/mol. The van der Waals surface area contributed by atoms with Gasteiger partial charge in [0.05, 0.1) is 0 Å². The normalized spacial score (nSPS) is 14.5. The molecule has 0 radical (unpaired) electrons. The molecule has 1 heterocycles. The Morgan fingerprint density at radius 3 is 2.35 bits per heavy atom. The topological polar surface area (TPSA) is 18.5 Å². The monoisotopic (exact) mass is 234 g/mol. The van der Waals surface area contributed by atoms with Gasteiger partial charge in [-0.25, -0.2) is 0 Å². The van der Waals surface area contributed by atoms with Crippen LogP contribution >= 0.6 is 0 Å². The third-order valence-electron chi connectivity index (χ3n) is 2.97. The smallest absolute Gasteiger partial charge is 0.231 e. The summed E-state index contributed by atoms with van der Waals surface area (Å²) in [6.45, 7) is 11.4. The van der Waals surface area contributed by atoms with Gasteiger partial charge in [0, 0.05) is 5.56 Å². The first kappa shape index (κ1) is 12.3. The molecule has 1 aromatic rings. The van der Waals surface area contributed by atoms with Crippen molar-refractivity contribution in [3.05, 3.63) is 23.3 Å². The highest BCUT2D eigenvalue weighted by molar-refractivity contribution is 5.54. The predicted molar refractivity (Wildman–Crippen MR) is 69.8 cm³/mol. The minimum Gasteiger partial charge on any atom is -0.453 e. The van der Waals surface area contributed by atoms with E-state index in [0.717, 1.165) is 17.9 Å². The van der Waals surface area contributed by atoms with E-state index in [1.807, 2.05) is 0 Å². The summed E-state index contributed by atoms with van der Waals surface area (Å²) < 4.78 is 11.3. The molecule has 94 valence electrons. The largest absolute Gasteiger partial charge is 0.453 e. The van der Waals surface area contributed by atoms with Crippen molar-refractivity contribution in [1.29, 1.82) is 0 Å². The third-order valence-corrected chi connectivity index (χ3v) is 2.97. The zero-order valence-electron chi connectivity index (χ0n) is 11.5. The van der Waals surface area contributed by atoms with Crippen LogP contribution in [0.3, 0.4) is 0 Å². The highest BCUT2D eigenvalue weighted by Crippen LogP contribution is 2.43. The van der Waals surface area contributed by atoms with Crippen LogP contribution in [0.4, 0.5) is 0 Å². The van der Waals surface area contributed by atoms with Crippen LogP contribution in [0.25, 0.3) is 0 Å². The van der Waals surface area contributed by atoms with E-state index in [4.69, 9.17) is 9.47 Å². The fraction of sp³-hybridized carbons (Fsp3) is 0.600. The maximum atomic E-state index is 5.64. The van der Waals surface area contributed by atoms with Crippen molar-refractivity contribution in [3.8, 4) is 11.5 Å². The average Bonchev–Trinajstić information content (AvgIpc) is 2.63. The molecule has 17 heavy (non-hydrogen) atoms. The number of hydrogen-bond donors (Lipinski definition) is 0. The summed E-state index contributed by atoms with van der Waals surface area (Å²) in [5.74, 6) is 2.39. The molecule has 1 aliphatic heterocycles. The lowest BCUT2D eigenvalue weighted by molar-refractivity contribution is 0.172. The van der Waals surface area contributed by atoms with E-state index < -0.39 is 0 Å². The number of ether oxygens (including phenoxy) is 2. The summed E-state index contributed by atoms with van der Waals surface area (Å²) in [4.78, 5) is 0. The lowest BCUT2D eigenvalue weighted by atomic mass is 9.86. The lowest BCUT2D eigenvalue weighted by Gasteiger charge is -2.20. The Morgan fingerprint density at radius 2 is 1.76 bits per heavy atom. The molecule has 0 aliphatic carbocycles. The first-order valence-corrected chi connectivity index (χ1v) is 6.30. The molecule has 0 unspecified atom stereocenters. The number of rotatable bonds is 2. The molecule has 0 atom stereocenters. The second-order valence-corrected chi connectivity index (χ2v) is 6.27. The molecule has 0 aromatic heterocycles. The van der Waals surface area contributed by atoms with Crippen molar-refractivity contribution >= 4 is 0 Å². The fourth-order valence-electron chi connectivity index (χ4n) is 2.24. The molecule has 0 N–H and O–H groups in total. The van der Waals surface area contributed by atoms with Crippen molar-refractivity contribution in [2.45, 2.75) is 47.0 Å². The van der Waals surface area contributed by atoms with Crippen LogP contribution in [0.1, 0.15) is 51.7 Å². The zero-order valence-corrected chi connectivity index (χ0v) is 11.5. The van der Waals surface area contributed by atoms with Gasteiger partial charge in [0.2, 0.25) is 6.79 Å². The molecule has 2 nitrogen and oxygen atoms in total. The maximum absolute atomic E-state index is 5.64. The molecule has 2 heteroatoms. The molecule has 1 aliphatic rings. The Balaban J connectivity index is 2.41. The number of hydrogen-bond acceptors (Lipinski definition) is 2. The van der Waals surface area contributed by atoms with Crippen LogP contribution in [-0.4, -0.2) is 6.79 Å². The van der Waals surface area contributed by atoms with Gasteiger partial charge in [0.1, 0.15) is 0 Å². The second kappa shape index (κ2) is 4.25. The van der Waals surface area contributed by atoms with Gasteiger partial charge in [0.25, 0.3) is 0 Å². The van der Waals surface area contributed by atoms with Gasteiger partial charge < -0.3 is 9.47 Å². The number of benzene rings is 1. The van der Waals surface area contributed by atoms with Crippen molar-refractivity contribution in [2.75, 3.05) is 6.79 Å². The van der Waals surface area contributed by atoms with Crippen LogP contribution in [0.5, 0.6) is 11.5 Å². The molecule has 0 amide bonds. The minimum atomic E-state index is 0.263. The molecular formula is C15H22O2. The summed E-state index contributed by atoms with van der Waals surface area (Å²) in [5.41, 5.74) is 2.77. The van der Waals surface area contributed by atoms with Crippen LogP contribution in [0.2, 0.25) is 0 Å². The van der Waals surface area contributed by atoms with E-state index >= 15 is 0 Å². The highest BCUT2D eigenvalue weighted by Gasteiger charge is 2.25. The van der Waals surface area contributed by atoms with E-state index in [2.05, 4.69) is 46.8 Å². The first-order valence-electron chi connectivity index (χ1n) is 6.30. The van der Waals surface area contributed by atoms with E-state index in [0.29, 0.717) is 12.7 Å². The molecule has 2 rings (SSSR count). The first-order chi connectivity index (χ1) is 7.88. The van der Waals surface area contributed by atoms with E-state index in [-0.39, 0.29) is 5.41 Å². The van der Waals surface area contributed by atoms with Crippen molar-refractivity contribution in [3.63, 3.8) is 0 Å². The van der Waals surface area contributed by atoms with Crippen LogP contribution < -0.4 is 9.47 Å². The van der Waals surface area contributed by atoms with Gasteiger partial charge in [0.15, 0.2) is 11.5 Å². The van der Waals surface area contributed by atoms with Gasteiger partial charge in [-0.2, -0.15) is 0 Å². The number of fused-ring (bicyclic) bond motifs is 1. The molecule has 0 spiro atoms. The molecule has 0 fully saturated rings. The van der Waals surface area contributed by atoms with Gasteiger partial charge in [-0.1, -0.05) is 46.8 Å². The Kier molecular flexibility index (Phi) is 3.07. The minimum absolute atomic E-state index is 0.263. The van der Waals surface area contributed by atoms with Crippen molar-refractivity contribution in [1.82, 2.24) is 0 Å². The molecule has 1 aromatic carbocycles. The standard InChI is InChI=1S/C15H22O2/c1-10(2)12-7-6-11(8-15(3,4)5)13-14(12)17-9-16-13/h6-7,10H,8-9H2,1-5H3. The Morgan fingerprint density at radius 1 is 1.12 bits per heavy atom. The van der Waals surface area contributed by atoms with Crippen LogP contribution in [-0.2, 0) is 6.42 Å². The third kappa shape index (κ3) is 2.56. The molecule has 0 saturated carbocycles. The lowest BCUT2D eigenvalue weighted by Crippen LogP contribution is -2.10. The zero-order chi connectivity index (χ0) is 12.6. The van der Waals surface area contributed by atoms with E-state index in [9.17, 15) is 0 Å². The summed E-state index contributed by atoms with van der Waals surface area (Å²) in [6.07, 6.45) is 1.01. The molecule has 0 saturated heterocycles. The van der Waals surface area contributed by atoms with Gasteiger partial charge in [-0.3, -0.25) is 0 Å². The second-order valence-electron chi connectivity index (χ2n) is 6.27. The van der Waals surface area contributed by atoms with Crippen molar-refractivity contribution < 1.29 is 9.47 Å². The Hall–Kier alpha value is -1.18. The Labute approximate surface area is 104 Å². The summed E-state index contributed by atoms with van der Waals surface area (Å²) in [5, 5.41) is 0. The van der Waals surface area contributed by atoms with Gasteiger partial charge in [-0.15, -0.1) is 0 Å². The van der Waals surface area contributed by atoms with Crippen molar-refractivity contribution in [2.24, 2.45) is 5.41 Å². The molecule has 0 bridgehead atoms. The van der Waals surface area contributed by atoms with Gasteiger partial charge in [-0.05, 0) is 23.3 Å². The van der Waals surface area contributed by atoms with E-state index in [1.165, 1.54) is 11.1 Å².